The van der Waals surface area contributed by atoms with Gasteiger partial charge < -0.3 is 28.5 Å². The van der Waals surface area contributed by atoms with E-state index in [2.05, 4.69) is 46.0 Å². The lowest BCUT2D eigenvalue weighted by Crippen LogP contribution is -2.53. The summed E-state index contributed by atoms with van der Waals surface area (Å²) in [6, 6.07) is 10.1. The summed E-state index contributed by atoms with van der Waals surface area (Å²) in [6.45, 7) is 16.3. The Labute approximate surface area is 206 Å². The molecule has 1 saturated heterocycles. The molecule has 1 aromatic rings. The predicted octanol–water partition coefficient (Wildman–Crippen LogP) is 5.21. The van der Waals surface area contributed by atoms with Gasteiger partial charge in [0.25, 0.3) is 0 Å². The van der Waals surface area contributed by atoms with Gasteiger partial charge in [0.05, 0.1) is 38.1 Å². The number of benzene rings is 1. The zero-order chi connectivity index (χ0) is 25.0. The fourth-order valence-corrected chi connectivity index (χ4v) is 5.30. The van der Waals surface area contributed by atoms with E-state index in [9.17, 15) is 5.11 Å². The number of hydrogen-bond donors (Lipinski definition) is 1. The third-order valence-corrected chi connectivity index (χ3v) is 11.6. The molecule has 0 bridgehead atoms. The van der Waals surface area contributed by atoms with Gasteiger partial charge in [-0.15, -0.1) is 0 Å². The maximum absolute atomic E-state index is 10.6. The van der Waals surface area contributed by atoms with Crippen molar-refractivity contribution < 1.29 is 28.5 Å². The van der Waals surface area contributed by atoms with Crippen LogP contribution in [0.4, 0.5) is 0 Å². The van der Waals surface area contributed by atoms with E-state index < -0.39 is 26.3 Å². The summed E-state index contributed by atoms with van der Waals surface area (Å²) in [7, 11) is -2.13. The highest BCUT2D eigenvalue weighted by Crippen LogP contribution is 2.38. The van der Waals surface area contributed by atoms with Crippen LogP contribution in [0.25, 0.3) is 0 Å². The molecule has 5 atom stereocenters. The van der Waals surface area contributed by atoms with Crippen LogP contribution in [0.5, 0.6) is 0 Å². The fraction of sp³-hybridized carbons (Fsp3) is 0.704. The van der Waals surface area contributed by atoms with Crippen molar-refractivity contribution >= 4 is 8.32 Å². The Hall–Kier alpha value is -1.06. The third-order valence-electron chi connectivity index (χ3n) is 7.06. The van der Waals surface area contributed by atoms with Crippen molar-refractivity contribution in [2.24, 2.45) is 0 Å². The van der Waals surface area contributed by atoms with Crippen LogP contribution in [0.2, 0.25) is 18.1 Å². The van der Waals surface area contributed by atoms with Gasteiger partial charge in [0, 0.05) is 0 Å². The van der Waals surface area contributed by atoms with Gasteiger partial charge >= 0.3 is 0 Å². The van der Waals surface area contributed by atoms with Crippen LogP contribution >= 0.6 is 0 Å². The predicted molar refractivity (Wildman–Crippen MR) is 136 cm³/mol. The normalized spacial score (nSPS) is 28.9. The summed E-state index contributed by atoms with van der Waals surface area (Å²) in [5, 5.41) is 10.6. The van der Waals surface area contributed by atoms with E-state index in [0.717, 1.165) is 5.56 Å². The zero-order valence-corrected chi connectivity index (χ0v) is 23.0. The maximum Gasteiger partial charge on any atom is 0.192 e. The average molecular weight is 493 g/mol. The molecular weight excluding hydrogens is 448 g/mol. The first-order valence-corrected chi connectivity index (χ1v) is 15.4. The third kappa shape index (κ3) is 7.72. The minimum atomic E-state index is -2.13. The van der Waals surface area contributed by atoms with Crippen LogP contribution < -0.4 is 0 Å². The molecule has 0 aromatic heterocycles. The molecule has 0 aliphatic carbocycles. The number of hydrogen-bond acceptors (Lipinski definition) is 6. The number of aliphatic hydroxyl groups is 1. The molecule has 1 N–H and O–H groups in total. The highest BCUT2D eigenvalue weighted by atomic mass is 28.4. The van der Waals surface area contributed by atoms with E-state index in [4.69, 9.17) is 23.4 Å². The molecule has 1 fully saturated rings. The first-order valence-electron chi connectivity index (χ1n) is 12.5. The van der Waals surface area contributed by atoms with Crippen LogP contribution in [0.15, 0.2) is 42.5 Å². The van der Waals surface area contributed by atoms with Crippen molar-refractivity contribution in [3.63, 3.8) is 0 Å². The van der Waals surface area contributed by atoms with Crippen LogP contribution in [-0.4, -0.2) is 62.9 Å². The lowest BCUT2D eigenvalue weighted by molar-refractivity contribution is -0.316. The standard InChI is InChI=1S/C27H44O6Si/c1-26(2,3)34(6,7)33-25(18-29-17-20-11-9-8-10-12-20)22-15-13-21(28)14-16-23-24(31-22)19-30-27(4,5)32-23/h8-13,15,21-25,28H,14,16-19H2,1-7H3/t21-,22-,23-,24+,25-/m1/s1. The molecule has 2 heterocycles. The number of fused-ring (bicyclic) bond motifs is 1. The van der Waals surface area contributed by atoms with Gasteiger partial charge in [0.1, 0.15) is 12.2 Å². The van der Waals surface area contributed by atoms with Crippen molar-refractivity contribution in [2.75, 3.05) is 13.2 Å². The summed E-state index contributed by atoms with van der Waals surface area (Å²) < 4.78 is 31.7. The van der Waals surface area contributed by atoms with Gasteiger partial charge in [-0.1, -0.05) is 63.3 Å². The summed E-state index contributed by atoms with van der Waals surface area (Å²) in [6.07, 6.45) is 3.42. The number of aliphatic hydroxyl groups excluding tert-OH is 1. The van der Waals surface area contributed by atoms with Crippen molar-refractivity contribution in [2.45, 2.75) is 109 Å². The molecule has 6 nitrogen and oxygen atoms in total. The molecule has 3 rings (SSSR count). The monoisotopic (exact) mass is 492 g/mol. The van der Waals surface area contributed by atoms with Crippen LogP contribution in [-0.2, 0) is 30.0 Å². The molecule has 0 spiro atoms. The highest BCUT2D eigenvalue weighted by Gasteiger charge is 2.43. The van der Waals surface area contributed by atoms with E-state index in [0.29, 0.717) is 32.7 Å². The van der Waals surface area contributed by atoms with Crippen LogP contribution in [0, 0.1) is 0 Å². The summed E-state index contributed by atoms with van der Waals surface area (Å²) in [4.78, 5) is 0. The number of ether oxygens (including phenoxy) is 4. The molecule has 0 saturated carbocycles. The van der Waals surface area contributed by atoms with E-state index in [1.807, 2.05) is 44.2 Å². The molecule has 34 heavy (non-hydrogen) atoms. The molecule has 7 heteroatoms. The second kappa shape index (κ2) is 11.3. The van der Waals surface area contributed by atoms with E-state index in [1.165, 1.54) is 0 Å². The second-order valence-corrected chi connectivity index (χ2v) is 16.2. The van der Waals surface area contributed by atoms with E-state index >= 15 is 0 Å². The fourth-order valence-electron chi connectivity index (χ4n) is 3.98. The van der Waals surface area contributed by atoms with Crippen molar-refractivity contribution in [3.8, 4) is 0 Å². The molecule has 0 amide bonds. The lowest BCUT2D eigenvalue weighted by atomic mass is 10.0. The zero-order valence-electron chi connectivity index (χ0n) is 22.0. The van der Waals surface area contributed by atoms with Gasteiger partial charge in [-0.25, -0.2) is 0 Å². The summed E-state index contributed by atoms with van der Waals surface area (Å²) >= 11 is 0. The molecule has 0 radical (unpaired) electrons. The largest absolute Gasteiger partial charge is 0.409 e. The van der Waals surface area contributed by atoms with Gasteiger partial charge in [0.2, 0.25) is 0 Å². The Bertz CT molecular complexity index is 788. The molecule has 2 aliphatic heterocycles. The smallest absolute Gasteiger partial charge is 0.192 e. The first-order chi connectivity index (χ1) is 15.9. The molecule has 2 aliphatic rings. The molecular formula is C27H44O6Si. The molecule has 1 aromatic carbocycles. The Balaban J connectivity index is 1.81. The Morgan fingerprint density at radius 1 is 1.09 bits per heavy atom. The van der Waals surface area contributed by atoms with Crippen molar-refractivity contribution in [1.82, 2.24) is 0 Å². The van der Waals surface area contributed by atoms with Crippen LogP contribution in [0.1, 0.15) is 53.0 Å². The second-order valence-electron chi connectivity index (χ2n) is 11.5. The van der Waals surface area contributed by atoms with Gasteiger partial charge in [-0.3, -0.25) is 0 Å². The first kappa shape index (κ1) is 27.5. The van der Waals surface area contributed by atoms with Crippen LogP contribution in [0.3, 0.4) is 0 Å². The Morgan fingerprint density at radius 2 is 1.79 bits per heavy atom. The topological polar surface area (TPSA) is 66.4 Å². The van der Waals surface area contributed by atoms with Crippen molar-refractivity contribution in [3.05, 3.63) is 48.0 Å². The summed E-state index contributed by atoms with van der Waals surface area (Å²) in [5.41, 5.74) is 1.12. The maximum atomic E-state index is 10.6. The Kier molecular flexibility index (Phi) is 9.17. The average Bonchev–Trinajstić information content (AvgIpc) is 2.82. The highest BCUT2D eigenvalue weighted by molar-refractivity contribution is 6.74. The van der Waals surface area contributed by atoms with Crippen molar-refractivity contribution in [1.29, 1.82) is 0 Å². The van der Waals surface area contributed by atoms with Gasteiger partial charge in [0.15, 0.2) is 14.1 Å². The Morgan fingerprint density at radius 3 is 2.47 bits per heavy atom. The minimum Gasteiger partial charge on any atom is -0.409 e. The molecule has 192 valence electrons. The SMILES string of the molecule is CC1(C)OC[C@@H]2O[C@@H]([C@@H](COCc3ccccc3)O[Si](C)(C)C(C)(C)C)C=C[C@@H](O)CC[C@H]2O1. The number of rotatable bonds is 7. The minimum absolute atomic E-state index is 0.0377. The van der Waals surface area contributed by atoms with E-state index in [1.54, 1.807) is 0 Å². The lowest BCUT2D eigenvalue weighted by Gasteiger charge is -2.44. The van der Waals surface area contributed by atoms with Gasteiger partial charge in [-0.2, -0.15) is 0 Å². The quantitative estimate of drug-likeness (QED) is 0.416. The van der Waals surface area contributed by atoms with E-state index in [-0.39, 0.29) is 23.4 Å². The molecule has 0 unspecified atom stereocenters. The summed E-state index contributed by atoms with van der Waals surface area (Å²) in [5.74, 6) is -0.664. The van der Waals surface area contributed by atoms with Gasteiger partial charge in [-0.05, 0) is 50.4 Å².